The second-order valence-corrected chi connectivity index (χ2v) is 9.16. The number of benzene rings is 2. The molecule has 2 aliphatic carbocycles. The molecule has 4 heteroatoms. The molecule has 0 saturated heterocycles. The van der Waals surface area contributed by atoms with E-state index in [-0.39, 0.29) is 16.7 Å². The van der Waals surface area contributed by atoms with Crippen LogP contribution >= 0.6 is 0 Å². The van der Waals surface area contributed by atoms with Gasteiger partial charge in [0.1, 0.15) is 0 Å². The van der Waals surface area contributed by atoms with Gasteiger partial charge in [-0.25, -0.2) is 9.97 Å². The van der Waals surface area contributed by atoms with Crippen LogP contribution in [0.15, 0.2) is 54.6 Å². The first-order valence-electron chi connectivity index (χ1n) is 10.5. The molecule has 29 heavy (non-hydrogen) atoms. The average molecular weight is 386 g/mol. The summed E-state index contributed by atoms with van der Waals surface area (Å²) in [5, 5.41) is 0. The highest BCUT2D eigenvalue weighted by atomic mass is 16.2. The lowest BCUT2D eigenvalue weighted by Crippen LogP contribution is -2.53. The van der Waals surface area contributed by atoms with Crippen LogP contribution in [0.3, 0.4) is 0 Å². The summed E-state index contributed by atoms with van der Waals surface area (Å²) in [6.07, 6.45) is 1.77. The summed E-state index contributed by atoms with van der Waals surface area (Å²) < 4.78 is 0. The number of anilines is 1. The molecule has 0 N–H and O–H groups in total. The Bertz CT molecular complexity index is 1120. The Morgan fingerprint density at radius 1 is 0.897 bits per heavy atom. The van der Waals surface area contributed by atoms with Crippen LogP contribution in [0.25, 0.3) is 11.0 Å². The Hall–Kier alpha value is -2.75. The minimum atomic E-state index is -0.653. The maximum atomic E-state index is 14.3. The summed E-state index contributed by atoms with van der Waals surface area (Å²) in [4.78, 5) is 26.3. The molecule has 2 aromatic carbocycles. The Morgan fingerprint density at radius 2 is 1.48 bits per heavy atom. The quantitative estimate of drug-likeness (QED) is 0.636. The third-order valence-electron chi connectivity index (χ3n) is 7.94. The predicted molar refractivity (Wildman–Crippen MR) is 116 cm³/mol. The van der Waals surface area contributed by atoms with Gasteiger partial charge in [-0.3, -0.25) is 4.79 Å². The lowest BCUT2D eigenvalue weighted by molar-refractivity contribution is -0.127. The van der Waals surface area contributed by atoms with Crippen LogP contribution in [0.4, 0.5) is 5.69 Å². The first-order chi connectivity index (χ1) is 13.9. The molecule has 148 valence electrons. The molecule has 2 bridgehead atoms. The van der Waals surface area contributed by atoms with Crippen molar-refractivity contribution in [2.45, 2.75) is 51.4 Å². The van der Waals surface area contributed by atoms with E-state index >= 15 is 0 Å². The van der Waals surface area contributed by atoms with Crippen molar-refractivity contribution in [3.05, 3.63) is 66.0 Å². The molecule has 1 amide bonds. The SMILES string of the molecule is CCN(C(=O)[C@]12CC[C@](C)(c3nc4ccccc4nc31)C2(C)C)c1ccccc1. The number of carbonyl (C=O) groups excluding carboxylic acids is 1. The molecule has 2 atom stereocenters. The molecule has 0 unspecified atom stereocenters. The largest absolute Gasteiger partial charge is 0.312 e. The van der Waals surface area contributed by atoms with E-state index in [1.807, 2.05) is 66.4 Å². The number of para-hydroxylation sites is 3. The molecular weight excluding hydrogens is 358 g/mol. The Morgan fingerprint density at radius 3 is 2.10 bits per heavy atom. The van der Waals surface area contributed by atoms with Crippen LogP contribution in [-0.4, -0.2) is 22.4 Å². The van der Waals surface area contributed by atoms with Crippen LogP contribution < -0.4 is 4.90 Å². The van der Waals surface area contributed by atoms with Gasteiger partial charge in [0, 0.05) is 17.6 Å². The Kier molecular flexibility index (Phi) is 3.71. The van der Waals surface area contributed by atoms with Gasteiger partial charge >= 0.3 is 0 Å². The first kappa shape index (κ1) is 18.3. The third-order valence-corrected chi connectivity index (χ3v) is 7.94. The molecule has 0 aliphatic heterocycles. The molecule has 1 saturated carbocycles. The van der Waals surface area contributed by atoms with Crippen molar-refractivity contribution in [2.75, 3.05) is 11.4 Å². The standard InChI is InChI=1S/C25H27N3O/c1-5-28(17-11-7-6-8-12-17)22(29)25-16-15-24(4,23(25,2)3)20-21(25)27-19-14-10-9-13-18(19)26-20/h6-14H,5,15-16H2,1-4H3/t24-,25+/m1/s1. The third kappa shape index (κ3) is 2.07. The zero-order chi connectivity index (χ0) is 20.4. The Labute approximate surface area is 172 Å². The van der Waals surface area contributed by atoms with Crippen molar-refractivity contribution in [1.82, 2.24) is 9.97 Å². The molecule has 3 aromatic rings. The number of aromatic nitrogens is 2. The highest BCUT2D eigenvalue weighted by molar-refractivity contribution is 6.03. The second-order valence-electron chi connectivity index (χ2n) is 9.16. The fraction of sp³-hybridized carbons (Fsp3) is 0.400. The highest BCUT2D eigenvalue weighted by Crippen LogP contribution is 2.70. The fourth-order valence-corrected chi connectivity index (χ4v) is 5.80. The van der Waals surface area contributed by atoms with Gasteiger partial charge in [-0.2, -0.15) is 0 Å². The molecular formula is C25H27N3O. The summed E-state index contributed by atoms with van der Waals surface area (Å²) >= 11 is 0. The van der Waals surface area contributed by atoms with E-state index in [0.29, 0.717) is 6.54 Å². The normalized spacial score (nSPS) is 26.5. The summed E-state index contributed by atoms with van der Waals surface area (Å²) in [5.74, 6) is 0.156. The Balaban J connectivity index is 1.76. The number of likely N-dealkylation sites (N-methyl/N-ethyl adjacent to an activating group) is 1. The number of nitrogens with zero attached hydrogens (tertiary/aromatic N) is 3. The monoisotopic (exact) mass is 385 g/mol. The molecule has 0 radical (unpaired) electrons. The smallest absolute Gasteiger partial charge is 0.239 e. The van der Waals surface area contributed by atoms with E-state index < -0.39 is 5.41 Å². The van der Waals surface area contributed by atoms with E-state index in [0.717, 1.165) is 41.0 Å². The van der Waals surface area contributed by atoms with E-state index in [9.17, 15) is 4.79 Å². The summed E-state index contributed by atoms with van der Waals surface area (Å²) in [7, 11) is 0. The van der Waals surface area contributed by atoms with Crippen LogP contribution in [-0.2, 0) is 15.6 Å². The lowest BCUT2D eigenvalue weighted by atomic mass is 9.63. The van der Waals surface area contributed by atoms with Gasteiger partial charge in [-0.1, -0.05) is 51.1 Å². The molecule has 0 spiro atoms. The van der Waals surface area contributed by atoms with Crippen molar-refractivity contribution >= 4 is 22.6 Å². The number of rotatable bonds is 3. The summed E-state index contributed by atoms with van der Waals surface area (Å²) in [5.41, 5.74) is 3.56. The van der Waals surface area contributed by atoms with Crippen LogP contribution in [0.2, 0.25) is 0 Å². The predicted octanol–water partition coefficient (Wildman–Crippen LogP) is 5.01. The first-order valence-corrected chi connectivity index (χ1v) is 10.5. The van der Waals surface area contributed by atoms with Crippen LogP contribution in [0.1, 0.15) is 51.9 Å². The van der Waals surface area contributed by atoms with Gasteiger partial charge in [0.2, 0.25) is 5.91 Å². The van der Waals surface area contributed by atoms with Crippen LogP contribution in [0.5, 0.6) is 0 Å². The number of hydrogen-bond acceptors (Lipinski definition) is 3. The summed E-state index contributed by atoms with van der Waals surface area (Å²) in [6.45, 7) is 9.43. The molecule has 1 fully saturated rings. The molecule has 1 aromatic heterocycles. The van der Waals surface area contributed by atoms with Gasteiger partial charge in [0.25, 0.3) is 0 Å². The zero-order valence-electron chi connectivity index (χ0n) is 17.6. The number of amides is 1. The average Bonchev–Trinajstić information content (AvgIpc) is 3.03. The minimum Gasteiger partial charge on any atom is -0.312 e. The molecule has 5 rings (SSSR count). The maximum Gasteiger partial charge on any atom is 0.239 e. The summed E-state index contributed by atoms with van der Waals surface area (Å²) in [6, 6.07) is 18.0. The molecule has 2 aliphatic rings. The van der Waals surface area contributed by atoms with E-state index in [1.54, 1.807) is 0 Å². The number of fused-ring (bicyclic) bond motifs is 6. The van der Waals surface area contributed by atoms with E-state index in [4.69, 9.17) is 9.97 Å². The second kappa shape index (κ2) is 5.88. The van der Waals surface area contributed by atoms with E-state index in [2.05, 4.69) is 20.8 Å². The van der Waals surface area contributed by atoms with Gasteiger partial charge in [-0.15, -0.1) is 0 Å². The van der Waals surface area contributed by atoms with Crippen molar-refractivity contribution in [2.24, 2.45) is 5.41 Å². The number of hydrogen-bond donors (Lipinski definition) is 0. The van der Waals surface area contributed by atoms with Crippen molar-refractivity contribution in [3.8, 4) is 0 Å². The molecule has 4 nitrogen and oxygen atoms in total. The fourth-order valence-electron chi connectivity index (χ4n) is 5.80. The van der Waals surface area contributed by atoms with Gasteiger partial charge < -0.3 is 4.90 Å². The topological polar surface area (TPSA) is 46.1 Å². The minimum absolute atomic E-state index is 0.156. The van der Waals surface area contributed by atoms with Gasteiger partial charge in [0.15, 0.2) is 0 Å². The van der Waals surface area contributed by atoms with E-state index in [1.165, 1.54) is 0 Å². The van der Waals surface area contributed by atoms with Gasteiger partial charge in [0.05, 0.1) is 27.8 Å². The maximum absolute atomic E-state index is 14.3. The zero-order valence-corrected chi connectivity index (χ0v) is 17.6. The molecule has 1 heterocycles. The van der Waals surface area contributed by atoms with Gasteiger partial charge in [-0.05, 0) is 49.4 Å². The van der Waals surface area contributed by atoms with Crippen LogP contribution in [0, 0.1) is 5.41 Å². The highest BCUT2D eigenvalue weighted by Gasteiger charge is 2.73. The van der Waals surface area contributed by atoms with Crippen molar-refractivity contribution < 1.29 is 4.79 Å². The van der Waals surface area contributed by atoms with Crippen molar-refractivity contribution in [1.29, 1.82) is 0 Å². The lowest BCUT2D eigenvalue weighted by Gasteiger charge is -2.42. The number of carbonyl (C=O) groups is 1. The van der Waals surface area contributed by atoms with Crippen molar-refractivity contribution in [3.63, 3.8) is 0 Å².